The molecule has 5 heteroatoms. The van der Waals surface area contributed by atoms with Crippen molar-refractivity contribution in [3.8, 4) is 12.3 Å². The van der Waals surface area contributed by atoms with E-state index in [0.29, 0.717) is 5.57 Å². The van der Waals surface area contributed by atoms with Crippen LogP contribution in [-0.2, 0) is 9.59 Å². The van der Waals surface area contributed by atoms with Gasteiger partial charge in [-0.1, -0.05) is 42.6 Å². The van der Waals surface area contributed by atoms with Crippen molar-refractivity contribution in [1.29, 1.82) is 0 Å². The molecule has 3 unspecified atom stereocenters. The minimum atomic E-state index is -1.07. The van der Waals surface area contributed by atoms with E-state index in [-0.39, 0.29) is 35.0 Å². The number of carboxylic acid groups (broad SMARTS) is 1. The summed E-state index contributed by atoms with van der Waals surface area (Å²) in [7, 11) is 0. The van der Waals surface area contributed by atoms with Gasteiger partial charge in [0.15, 0.2) is 5.78 Å². The molecule has 1 fully saturated rings. The van der Waals surface area contributed by atoms with E-state index in [9.17, 15) is 14.7 Å². The quantitative estimate of drug-likeness (QED) is 0.788. The number of terminal acetylenes is 1. The summed E-state index contributed by atoms with van der Waals surface area (Å²) in [5.41, 5.74) is -0.236. The van der Waals surface area contributed by atoms with Crippen LogP contribution in [0.5, 0.6) is 0 Å². The Morgan fingerprint density at radius 3 is 2.55 bits per heavy atom. The first kappa shape index (κ1) is 17.1. The molecule has 0 spiro atoms. The minimum Gasteiger partial charge on any atom is -0.481 e. The Kier molecular flexibility index (Phi) is 4.23. The van der Waals surface area contributed by atoms with Crippen LogP contribution in [0.2, 0.25) is 0 Å². The SMILES string of the molecule is C#CCC1=C(C)C(C2(C(=O)O)C(C=C(Cl)Cl)C2(C)C)CC1=O. The van der Waals surface area contributed by atoms with E-state index < -0.39 is 16.8 Å². The number of allylic oxidation sites excluding steroid dienone is 3. The van der Waals surface area contributed by atoms with Crippen molar-refractivity contribution in [2.75, 3.05) is 0 Å². The van der Waals surface area contributed by atoms with Gasteiger partial charge in [0.1, 0.15) is 4.49 Å². The average molecular weight is 341 g/mol. The van der Waals surface area contributed by atoms with E-state index in [2.05, 4.69) is 5.92 Å². The predicted molar refractivity (Wildman–Crippen MR) is 86.4 cm³/mol. The van der Waals surface area contributed by atoms with E-state index in [1.54, 1.807) is 6.08 Å². The second-order valence-electron chi connectivity index (χ2n) is 6.55. The summed E-state index contributed by atoms with van der Waals surface area (Å²) >= 11 is 11.5. The van der Waals surface area contributed by atoms with Crippen LogP contribution in [0.25, 0.3) is 0 Å². The maximum atomic E-state index is 12.2. The summed E-state index contributed by atoms with van der Waals surface area (Å²) in [5.74, 6) is 0.810. The minimum absolute atomic E-state index is 0.0519. The smallest absolute Gasteiger partial charge is 0.311 e. The van der Waals surface area contributed by atoms with Crippen molar-refractivity contribution in [3.05, 3.63) is 21.7 Å². The molecule has 1 N–H and O–H groups in total. The molecule has 22 heavy (non-hydrogen) atoms. The van der Waals surface area contributed by atoms with Crippen LogP contribution >= 0.6 is 23.2 Å². The van der Waals surface area contributed by atoms with Crippen molar-refractivity contribution in [2.45, 2.75) is 33.6 Å². The van der Waals surface area contributed by atoms with Gasteiger partial charge in [-0.3, -0.25) is 9.59 Å². The zero-order chi connectivity index (χ0) is 16.9. The molecule has 118 valence electrons. The summed E-state index contributed by atoms with van der Waals surface area (Å²) in [6.45, 7) is 5.55. The van der Waals surface area contributed by atoms with Gasteiger partial charge >= 0.3 is 5.97 Å². The summed E-state index contributed by atoms with van der Waals surface area (Å²) < 4.78 is 0.0519. The molecule has 0 aromatic carbocycles. The lowest BCUT2D eigenvalue weighted by atomic mass is 9.78. The van der Waals surface area contributed by atoms with Crippen molar-refractivity contribution in [1.82, 2.24) is 0 Å². The van der Waals surface area contributed by atoms with Crippen molar-refractivity contribution >= 4 is 35.0 Å². The lowest BCUT2D eigenvalue weighted by molar-refractivity contribution is -0.147. The number of rotatable bonds is 4. The molecule has 0 amide bonds. The zero-order valence-corrected chi connectivity index (χ0v) is 14.3. The van der Waals surface area contributed by atoms with E-state index in [4.69, 9.17) is 29.6 Å². The molecule has 2 aliphatic rings. The van der Waals surface area contributed by atoms with Crippen molar-refractivity contribution in [3.63, 3.8) is 0 Å². The summed E-state index contributed by atoms with van der Waals surface area (Å²) in [5, 5.41) is 9.91. The van der Waals surface area contributed by atoms with Crippen LogP contribution in [0.4, 0.5) is 0 Å². The Balaban J connectivity index is 2.53. The van der Waals surface area contributed by atoms with Gasteiger partial charge in [-0.25, -0.2) is 0 Å². The number of carbonyl (C=O) groups excluding carboxylic acids is 1. The average Bonchev–Trinajstić information content (AvgIpc) is 2.73. The van der Waals surface area contributed by atoms with Crippen LogP contribution in [0, 0.1) is 35.0 Å². The molecule has 0 bridgehead atoms. The fourth-order valence-electron chi connectivity index (χ4n) is 4.26. The molecule has 2 rings (SSSR count). The van der Waals surface area contributed by atoms with E-state index in [1.807, 2.05) is 20.8 Å². The Morgan fingerprint density at radius 1 is 1.50 bits per heavy atom. The summed E-state index contributed by atoms with van der Waals surface area (Å²) in [6.07, 6.45) is 7.32. The van der Waals surface area contributed by atoms with Crippen LogP contribution in [-0.4, -0.2) is 16.9 Å². The van der Waals surface area contributed by atoms with E-state index >= 15 is 0 Å². The van der Waals surface area contributed by atoms with Crippen LogP contribution < -0.4 is 0 Å². The van der Waals surface area contributed by atoms with E-state index in [0.717, 1.165) is 5.57 Å². The predicted octanol–water partition coefficient (Wildman–Crippen LogP) is 3.96. The molecular weight excluding hydrogens is 323 g/mol. The zero-order valence-electron chi connectivity index (χ0n) is 12.7. The number of hydrogen-bond acceptors (Lipinski definition) is 2. The molecule has 3 nitrogen and oxygen atoms in total. The molecule has 0 heterocycles. The van der Waals surface area contributed by atoms with Gasteiger partial charge in [0, 0.05) is 30.3 Å². The lowest BCUT2D eigenvalue weighted by Crippen LogP contribution is -2.31. The monoisotopic (exact) mass is 340 g/mol. The van der Waals surface area contributed by atoms with Crippen molar-refractivity contribution < 1.29 is 14.7 Å². The third-order valence-electron chi connectivity index (χ3n) is 5.45. The Bertz CT molecular complexity index is 647. The van der Waals surface area contributed by atoms with Gasteiger partial charge in [0.2, 0.25) is 0 Å². The Hall–Kier alpha value is -1.24. The Labute approximate surface area is 140 Å². The standard InChI is InChI=1S/C17H18Cl2O3/c1-5-6-10-9(2)11(7-12(10)20)17(15(21)22)13(8-14(18)19)16(17,3)4/h1,8,11,13H,6-7H2,2-4H3,(H,21,22). The molecule has 3 atom stereocenters. The number of carboxylic acids is 1. The first-order valence-electron chi connectivity index (χ1n) is 7.04. The molecule has 0 saturated heterocycles. The van der Waals surface area contributed by atoms with Gasteiger partial charge < -0.3 is 5.11 Å². The van der Waals surface area contributed by atoms with Gasteiger partial charge in [0.25, 0.3) is 0 Å². The summed E-state index contributed by atoms with van der Waals surface area (Å²) in [6, 6.07) is 0. The van der Waals surface area contributed by atoms with Gasteiger partial charge in [-0.2, -0.15) is 0 Å². The van der Waals surface area contributed by atoms with Crippen molar-refractivity contribution in [2.24, 2.45) is 22.7 Å². The second kappa shape index (κ2) is 5.44. The van der Waals surface area contributed by atoms with Gasteiger partial charge in [-0.15, -0.1) is 12.3 Å². The summed E-state index contributed by atoms with van der Waals surface area (Å²) in [4.78, 5) is 24.3. The topological polar surface area (TPSA) is 54.4 Å². The highest BCUT2D eigenvalue weighted by molar-refractivity contribution is 6.55. The molecular formula is C17H18Cl2O3. The largest absolute Gasteiger partial charge is 0.481 e. The second-order valence-corrected chi connectivity index (χ2v) is 7.56. The third kappa shape index (κ3) is 2.13. The molecule has 0 aromatic rings. The highest BCUT2D eigenvalue weighted by atomic mass is 35.5. The van der Waals surface area contributed by atoms with Crippen LogP contribution in [0.1, 0.15) is 33.6 Å². The number of carbonyl (C=O) groups is 2. The molecule has 0 aliphatic heterocycles. The molecule has 0 aromatic heterocycles. The number of ketones is 1. The van der Waals surface area contributed by atoms with Crippen LogP contribution in [0.15, 0.2) is 21.7 Å². The number of hydrogen-bond donors (Lipinski definition) is 1. The maximum absolute atomic E-state index is 12.2. The van der Waals surface area contributed by atoms with Crippen LogP contribution in [0.3, 0.4) is 0 Å². The first-order valence-corrected chi connectivity index (χ1v) is 7.80. The fraction of sp³-hybridized carbons (Fsp3) is 0.529. The molecule has 0 radical (unpaired) electrons. The highest BCUT2D eigenvalue weighted by Crippen LogP contribution is 2.75. The normalized spacial score (nSPS) is 32.6. The van der Waals surface area contributed by atoms with E-state index in [1.165, 1.54) is 0 Å². The maximum Gasteiger partial charge on any atom is 0.311 e. The number of aliphatic carboxylic acids is 1. The Morgan fingerprint density at radius 2 is 2.09 bits per heavy atom. The number of halogens is 2. The fourth-order valence-corrected chi connectivity index (χ4v) is 4.51. The van der Waals surface area contributed by atoms with Gasteiger partial charge in [0.05, 0.1) is 5.41 Å². The third-order valence-corrected chi connectivity index (χ3v) is 5.70. The molecule has 1 saturated carbocycles. The lowest BCUT2D eigenvalue weighted by Gasteiger charge is -2.24. The first-order chi connectivity index (χ1) is 10.1. The van der Waals surface area contributed by atoms with Gasteiger partial charge in [-0.05, 0) is 18.4 Å². The highest BCUT2D eigenvalue weighted by Gasteiger charge is 2.78. The molecule has 2 aliphatic carbocycles. The number of Topliss-reactive ketones (excluding diaryl/α,β-unsaturated/α-hetero) is 1.